The number of nitrogens with one attached hydrogen (secondary N) is 1. The van der Waals surface area contributed by atoms with Crippen molar-refractivity contribution in [2.24, 2.45) is 5.92 Å². The van der Waals surface area contributed by atoms with E-state index in [2.05, 4.69) is 5.32 Å². The molecule has 0 unspecified atom stereocenters. The quantitative estimate of drug-likeness (QED) is 0.736. The lowest BCUT2D eigenvalue weighted by Crippen LogP contribution is -2.29. The molecule has 0 amide bonds. The molecule has 1 aliphatic heterocycles. The van der Waals surface area contributed by atoms with Crippen LogP contribution in [-0.4, -0.2) is 0 Å². The first-order valence-electron chi connectivity index (χ1n) is 7.31. The second-order valence-corrected chi connectivity index (χ2v) is 5.88. The van der Waals surface area contributed by atoms with Crippen LogP contribution in [0.1, 0.15) is 29.5 Å². The molecular weight excluding hydrogens is 287 g/mol. The van der Waals surface area contributed by atoms with Crippen LogP contribution in [0.2, 0.25) is 0 Å². The zero-order valence-electron chi connectivity index (χ0n) is 11.7. The highest BCUT2D eigenvalue weighted by molar-refractivity contribution is 5.60. The van der Waals surface area contributed by atoms with E-state index in [1.54, 1.807) is 12.1 Å². The number of fused-ring (bicyclic) bond motifs is 3. The van der Waals surface area contributed by atoms with Crippen LogP contribution in [0.4, 0.5) is 18.9 Å². The summed E-state index contributed by atoms with van der Waals surface area (Å²) in [6.45, 7) is 0. The van der Waals surface area contributed by atoms with Gasteiger partial charge in [0.25, 0.3) is 0 Å². The summed E-state index contributed by atoms with van der Waals surface area (Å²) in [5, 5.41) is 3.20. The Bertz CT molecular complexity index is 752. The van der Waals surface area contributed by atoms with E-state index in [1.807, 2.05) is 12.2 Å². The number of hydrogen-bond donors (Lipinski definition) is 1. The van der Waals surface area contributed by atoms with Crippen LogP contribution < -0.4 is 5.32 Å². The molecule has 0 saturated carbocycles. The predicted octanol–water partition coefficient (Wildman–Crippen LogP) is 4.93. The lowest BCUT2D eigenvalue weighted by Gasteiger charge is -2.37. The van der Waals surface area contributed by atoms with Crippen molar-refractivity contribution in [1.82, 2.24) is 0 Å². The Balaban J connectivity index is 1.82. The molecule has 0 fully saturated rings. The molecule has 0 radical (unpaired) electrons. The van der Waals surface area contributed by atoms with Crippen molar-refractivity contribution in [3.63, 3.8) is 0 Å². The van der Waals surface area contributed by atoms with Crippen LogP contribution in [0.25, 0.3) is 0 Å². The number of allylic oxidation sites excluding steroid dienone is 2. The molecule has 4 heteroatoms. The average Bonchev–Trinajstić information content (AvgIpc) is 2.97. The molecule has 1 nitrogen and oxygen atoms in total. The van der Waals surface area contributed by atoms with Crippen LogP contribution in [-0.2, 0) is 0 Å². The van der Waals surface area contributed by atoms with Crippen molar-refractivity contribution in [3.8, 4) is 0 Å². The van der Waals surface area contributed by atoms with E-state index in [1.165, 1.54) is 18.2 Å². The Morgan fingerprint density at radius 3 is 2.50 bits per heavy atom. The molecule has 0 spiro atoms. The molecule has 2 aliphatic rings. The fourth-order valence-electron chi connectivity index (χ4n) is 3.62. The van der Waals surface area contributed by atoms with Gasteiger partial charge in [-0.2, -0.15) is 0 Å². The van der Waals surface area contributed by atoms with Gasteiger partial charge in [0, 0.05) is 12.0 Å². The minimum Gasteiger partial charge on any atom is -0.375 e. The van der Waals surface area contributed by atoms with E-state index in [-0.39, 0.29) is 23.7 Å². The van der Waals surface area contributed by atoms with E-state index in [9.17, 15) is 13.2 Å². The van der Waals surface area contributed by atoms with Crippen molar-refractivity contribution in [2.45, 2.75) is 18.4 Å². The third-order valence-corrected chi connectivity index (χ3v) is 4.61. The molecule has 4 rings (SSSR count). The van der Waals surface area contributed by atoms with Crippen molar-refractivity contribution >= 4 is 5.69 Å². The summed E-state index contributed by atoms with van der Waals surface area (Å²) >= 11 is 0. The van der Waals surface area contributed by atoms with Crippen molar-refractivity contribution in [1.29, 1.82) is 0 Å². The average molecular weight is 301 g/mol. The molecule has 0 saturated heterocycles. The zero-order valence-corrected chi connectivity index (χ0v) is 11.7. The minimum atomic E-state index is -0.583. The van der Waals surface area contributed by atoms with Gasteiger partial charge < -0.3 is 5.32 Å². The molecule has 1 N–H and O–H groups in total. The Hall–Kier alpha value is -2.23. The molecule has 112 valence electrons. The highest BCUT2D eigenvalue weighted by Gasteiger charge is 2.39. The second-order valence-electron chi connectivity index (χ2n) is 5.88. The lowest BCUT2D eigenvalue weighted by atomic mass is 9.77. The van der Waals surface area contributed by atoms with Gasteiger partial charge in [0.1, 0.15) is 17.5 Å². The van der Waals surface area contributed by atoms with Crippen molar-refractivity contribution < 1.29 is 13.2 Å². The Morgan fingerprint density at radius 1 is 0.955 bits per heavy atom. The molecule has 2 aromatic rings. The summed E-state index contributed by atoms with van der Waals surface area (Å²) in [4.78, 5) is 0. The highest BCUT2D eigenvalue weighted by Crippen LogP contribution is 2.50. The van der Waals surface area contributed by atoms with E-state index in [0.29, 0.717) is 11.3 Å². The highest BCUT2D eigenvalue weighted by atomic mass is 19.1. The molecule has 0 bridgehead atoms. The maximum Gasteiger partial charge on any atom is 0.149 e. The minimum absolute atomic E-state index is 0.0171. The molecule has 1 aliphatic carbocycles. The predicted molar refractivity (Wildman–Crippen MR) is 79.1 cm³/mol. The van der Waals surface area contributed by atoms with E-state index in [4.69, 9.17) is 0 Å². The third-order valence-electron chi connectivity index (χ3n) is 4.61. The fraction of sp³-hybridized carbons (Fsp3) is 0.222. The van der Waals surface area contributed by atoms with Gasteiger partial charge in [-0.3, -0.25) is 0 Å². The van der Waals surface area contributed by atoms with Gasteiger partial charge in [0.05, 0.1) is 11.7 Å². The molecule has 2 aromatic carbocycles. The van der Waals surface area contributed by atoms with Crippen molar-refractivity contribution in [2.75, 3.05) is 5.32 Å². The van der Waals surface area contributed by atoms with Gasteiger partial charge in [0.2, 0.25) is 0 Å². The Kier molecular flexibility index (Phi) is 2.99. The van der Waals surface area contributed by atoms with Gasteiger partial charge in [0.15, 0.2) is 0 Å². The van der Waals surface area contributed by atoms with Crippen LogP contribution in [0, 0.1) is 23.4 Å². The second kappa shape index (κ2) is 4.90. The van der Waals surface area contributed by atoms with Gasteiger partial charge >= 0.3 is 0 Å². The number of benzene rings is 2. The zero-order chi connectivity index (χ0) is 15.3. The van der Waals surface area contributed by atoms with E-state index >= 15 is 0 Å². The van der Waals surface area contributed by atoms with Gasteiger partial charge in [-0.05, 0) is 41.7 Å². The third kappa shape index (κ3) is 2.02. The largest absolute Gasteiger partial charge is 0.375 e. The normalized spacial score (nSPS) is 25.5. The molecule has 1 heterocycles. The van der Waals surface area contributed by atoms with Gasteiger partial charge in [-0.25, -0.2) is 13.2 Å². The van der Waals surface area contributed by atoms with Crippen LogP contribution in [0.15, 0.2) is 48.6 Å². The first-order chi connectivity index (χ1) is 10.6. The number of anilines is 1. The maximum atomic E-state index is 14.2. The molecule has 3 atom stereocenters. The van der Waals surface area contributed by atoms with E-state index in [0.717, 1.165) is 18.1 Å². The standard InChI is InChI=1S/C18H14F3N/c19-11-6-4-10(5-7-11)17-14-3-1-2-13(14)15-8-12(20)9-16(21)18(15)22-17/h1-2,4-9,13-14,17,22H,3H2/t13-,14-,17-/m0/s1. The molecular formula is C18H14F3N. The van der Waals surface area contributed by atoms with Crippen molar-refractivity contribution in [3.05, 3.63) is 77.1 Å². The van der Waals surface area contributed by atoms with Crippen LogP contribution in [0.5, 0.6) is 0 Å². The fourth-order valence-corrected chi connectivity index (χ4v) is 3.62. The SMILES string of the molecule is Fc1ccc([C@@H]2Nc3c(F)cc(F)cc3[C@H]3C=CC[C@@H]32)cc1. The number of rotatable bonds is 1. The first kappa shape index (κ1) is 13.4. The monoisotopic (exact) mass is 301 g/mol. The summed E-state index contributed by atoms with van der Waals surface area (Å²) < 4.78 is 40.8. The maximum absolute atomic E-state index is 14.2. The smallest absolute Gasteiger partial charge is 0.149 e. The lowest BCUT2D eigenvalue weighted by molar-refractivity contribution is 0.418. The number of hydrogen-bond acceptors (Lipinski definition) is 1. The molecule has 22 heavy (non-hydrogen) atoms. The first-order valence-corrected chi connectivity index (χ1v) is 7.31. The van der Waals surface area contributed by atoms with Gasteiger partial charge in [-0.15, -0.1) is 0 Å². The molecule has 0 aromatic heterocycles. The van der Waals surface area contributed by atoms with Crippen LogP contribution in [0.3, 0.4) is 0 Å². The summed E-state index contributed by atoms with van der Waals surface area (Å²) in [6, 6.07) is 8.43. The van der Waals surface area contributed by atoms with E-state index < -0.39 is 11.6 Å². The Morgan fingerprint density at radius 2 is 1.73 bits per heavy atom. The van der Waals surface area contributed by atoms with Crippen LogP contribution >= 0.6 is 0 Å². The summed E-state index contributed by atoms with van der Waals surface area (Å²) in [7, 11) is 0. The summed E-state index contributed by atoms with van der Waals surface area (Å²) in [6.07, 6.45) is 4.89. The van der Waals surface area contributed by atoms with Gasteiger partial charge in [-0.1, -0.05) is 24.3 Å². The summed E-state index contributed by atoms with van der Waals surface area (Å²) in [5.41, 5.74) is 1.92. The number of halogens is 3. The Labute approximate surface area is 126 Å². The topological polar surface area (TPSA) is 12.0 Å². The summed E-state index contributed by atoms with van der Waals surface area (Å²) in [5.74, 6) is -1.27.